The first-order chi connectivity index (χ1) is 17.5. The van der Waals surface area contributed by atoms with Crippen molar-refractivity contribution in [3.8, 4) is 0 Å². The number of aliphatic hydroxyl groups excluding tert-OH is 1. The van der Waals surface area contributed by atoms with Gasteiger partial charge >= 0.3 is 0 Å². The van der Waals surface area contributed by atoms with Crippen LogP contribution < -0.4 is 15.8 Å². The van der Waals surface area contributed by atoms with Crippen molar-refractivity contribution in [2.75, 3.05) is 17.5 Å². The molecule has 0 bridgehead atoms. The zero-order chi connectivity index (χ0) is 25.1. The lowest BCUT2D eigenvalue weighted by atomic mass is 10.0. The summed E-state index contributed by atoms with van der Waals surface area (Å²) in [6, 6.07) is 21.3. The molecule has 0 aliphatic carbocycles. The highest BCUT2D eigenvalue weighted by Crippen LogP contribution is 2.34. The van der Waals surface area contributed by atoms with E-state index in [4.69, 9.17) is 11.6 Å². The lowest BCUT2D eigenvalue weighted by Crippen LogP contribution is -2.39. The third kappa shape index (κ3) is 5.14. The minimum atomic E-state index is -0.416. The van der Waals surface area contributed by atoms with E-state index in [9.17, 15) is 14.7 Å². The van der Waals surface area contributed by atoms with Gasteiger partial charge in [-0.3, -0.25) is 19.3 Å². The second-order valence-corrected chi connectivity index (χ2v) is 10.2. The van der Waals surface area contributed by atoms with E-state index >= 15 is 0 Å². The van der Waals surface area contributed by atoms with E-state index in [0.29, 0.717) is 42.2 Å². The first-order valence-corrected chi connectivity index (χ1v) is 13.2. The Kier molecular flexibility index (Phi) is 7.32. The van der Waals surface area contributed by atoms with Gasteiger partial charge in [0.2, 0.25) is 5.43 Å². The van der Waals surface area contributed by atoms with Crippen LogP contribution in [-0.4, -0.2) is 28.2 Å². The summed E-state index contributed by atoms with van der Waals surface area (Å²) < 4.78 is 1.96. The molecule has 36 heavy (non-hydrogen) atoms. The summed E-state index contributed by atoms with van der Waals surface area (Å²) in [5, 5.41) is 15.5. The Bertz CT molecular complexity index is 1460. The van der Waals surface area contributed by atoms with Crippen molar-refractivity contribution in [1.82, 2.24) is 9.99 Å². The monoisotopic (exact) mass is 519 g/mol. The van der Waals surface area contributed by atoms with E-state index in [2.05, 4.69) is 28.5 Å². The van der Waals surface area contributed by atoms with Crippen molar-refractivity contribution >= 4 is 40.2 Å². The number of amides is 1. The van der Waals surface area contributed by atoms with Crippen LogP contribution in [0.25, 0.3) is 10.9 Å². The smallest absolute Gasteiger partial charge is 0.257 e. The highest BCUT2D eigenvalue weighted by atomic mass is 35.5. The second-order valence-electron chi connectivity index (χ2n) is 8.77. The van der Waals surface area contributed by atoms with E-state index in [0.717, 1.165) is 27.1 Å². The van der Waals surface area contributed by atoms with Gasteiger partial charge in [0.15, 0.2) is 0 Å². The molecule has 1 aromatic heterocycles. The number of aryl methyl sites for hydroxylation is 1. The van der Waals surface area contributed by atoms with E-state index in [-0.39, 0.29) is 17.6 Å². The number of aliphatic hydroxyl groups is 1. The lowest BCUT2D eigenvalue weighted by molar-refractivity contribution is 0.0949. The van der Waals surface area contributed by atoms with Crippen LogP contribution >= 0.6 is 23.4 Å². The highest BCUT2D eigenvalue weighted by molar-refractivity contribution is 7.99. The van der Waals surface area contributed by atoms with E-state index < -0.39 is 5.91 Å². The first kappa shape index (κ1) is 24.4. The summed E-state index contributed by atoms with van der Waals surface area (Å²) in [5.41, 5.74) is 3.65. The fourth-order valence-corrected chi connectivity index (χ4v) is 5.59. The molecule has 1 amide bonds. The average molecular weight is 520 g/mol. The number of benzene rings is 3. The third-order valence-electron chi connectivity index (χ3n) is 6.22. The number of pyridine rings is 1. The Balaban J connectivity index is 1.55. The third-order valence-corrected chi connectivity index (χ3v) is 7.52. The predicted molar refractivity (Wildman–Crippen MR) is 145 cm³/mol. The Labute approximate surface area is 218 Å². The Morgan fingerprint density at radius 3 is 2.56 bits per heavy atom. The van der Waals surface area contributed by atoms with E-state index in [1.807, 2.05) is 41.1 Å². The van der Waals surface area contributed by atoms with Crippen LogP contribution in [0.2, 0.25) is 5.02 Å². The molecule has 0 saturated heterocycles. The van der Waals surface area contributed by atoms with Crippen molar-refractivity contribution in [2.45, 2.75) is 30.8 Å². The molecular weight excluding hydrogens is 494 g/mol. The molecule has 5 rings (SSSR count). The lowest BCUT2D eigenvalue weighted by Gasteiger charge is -2.33. The summed E-state index contributed by atoms with van der Waals surface area (Å²) >= 11 is 7.64. The zero-order valence-corrected chi connectivity index (χ0v) is 21.2. The number of nitrogens with one attached hydrogen (secondary N) is 1. The first-order valence-electron chi connectivity index (χ1n) is 11.8. The fraction of sp³-hybridized carbons (Fsp3) is 0.214. The topological polar surface area (TPSA) is 74.6 Å². The van der Waals surface area contributed by atoms with Crippen LogP contribution in [0.15, 0.2) is 82.6 Å². The summed E-state index contributed by atoms with van der Waals surface area (Å²) in [5.74, 6) is 0.260. The number of hydrogen-bond acceptors (Lipinski definition) is 5. The zero-order valence-electron chi connectivity index (χ0n) is 19.6. The van der Waals surface area contributed by atoms with Crippen molar-refractivity contribution in [3.63, 3.8) is 0 Å². The van der Waals surface area contributed by atoms with Gasteiger partial charge in [-0.05, 0) is 53.8 Å². The van der Waals surface area contributed by atoms with Gasteiger partial charge in [-0.1, -0.05) is 54.1 Å². The van der Waals surface area contributed by atoms with Crippen LogP contribution in [0.5, 0.6) is 0 Å². The summed E-state index contributed by atoms with van der Waals surface area (Å²) in [6.07, 6.45) is 2.95. The second kappa shape index (κ2) is 10.8. The molecule has 1 aliphatic rings. The molecule has 6 nitrogen and oxygen atoms in total. The number of rotatable bonds is 8. The number of carbonyl (C=O) groups excluding carboxylic acids is 1. The van der Waals surface area contributed by atoms with Crippen LogP contribution in [0.4, 0.5) is 0 Å². The van der Waals surface area contributed by atoms with Gasteiger partial charge in [-0.2, -0.15) is 0 Å². The van der Waals surface area contributed by atoms with Gasteiger partial charge in [0.05, 0.1) is 17.9 Å². The van der Waals surface area contributed by atoms with Gasteiger partial charge in [-0.25, -0.2) is 0 Å². The Morgan fingerprint density at radius 1 is 1.03 bits per heavy atom. The van der Waals surface area contributed by atoms with Gasteiger partial charge in [0.1, 0.15) is 5.56 Å². The molecule has 0 radical (unpaired) electrons. The SMILES string of the molecule is O=C(NCc1ccc(Cl)cc1)c1cn2c3c(cc(CCCO)cc3c1=O)SCN2Cc1ccccc1. The number of nitrogens with zero attached hydrogens (tertiary/aromatic N) is 2. The largest absolute Gasteiger partial charge is 0.396 e. The fourth-order valence-electron chi connectivity index (χ4n) is 4.39. The minimum absolute atomic E-state index is 0.0861. The van der Waals surface area contributed by atoms with Crippen LogP contribution in [-0.2, 0) is 19.5 Å². The molecule has 0 unspecified atom stereocenters. The Hall–Kier alpha value is -3.26. The molecule has 3 aromatic carbocycles. The summed E-state index contributed by atoms with van der Waals surface area (Å²) in [7, 11) is 0. The number of hydrogen-bond donors (Lipinski definition) is 2. The molecule has 2 heterocycles. The van der Waals surface area contributed by atoms with Crippen molar-refractivity contribution in [1.29, 1.82) is 0 Å². The molecule has 0 saturated carbocycles. The summed E-state index contributed by atoms with van der Waals surface area (Å²) in [6.45, 7) is 1.02. The normalized spacial score (nSPS) is 12.7. The van der Waals surface area contributed by atoms with E-state index in [1.165, 1.54) is 0 Å². The molecule has 0 fully saturated rings. The molecule has 0 atom stereocenters. The van der Waals surface area contributed by atoms with Gasteiger partial charge in [0.25, 0.3) is 5.91 Å². The number of halogens is 1. The number of aromatic nitrogens is 1. The van der Waals surface area contributed by atoms with E-state index in [1.54, 1.807) is 30.1 Å². The highest BCUT2D eigenvalue weighted by Gasteiger charge is 2.24. The average Bonchev–Trinajstić information content (AvgIpc) is 2.90. The minimum Gasteiger partial charge on any atom is -0.396 e. The maximum absolute atomic E-state index is 13.6. The van der Waals surface area contributed by atoms with Crippen LogP contribution in [0.1, 0.15) is 33.5 Å². The number of thioether (sulfide) groups is 1. The van der Waals surface area contributed by atoms with Gasteiger partial charge < -0.3 is 10.4 Å². The molecule has 8 heteroatoms. The molecule has 184 valence electrons. The van der Waals surface area contributed by atoms with Crippen molar-refractivity contribution in [3.05, 3.63) is 110 Å². The molecule has 0 spiro atoms. The molecule has 2 N–H and O–H groups in total. The molecular formula is C28H26ClN3O3S. The maximum Gasteiger partial charge on any atom is 0.257 e. The molecule has 4 aromatic rings. The maximum atomic E-state index is 13.6. The van der Waals surface area contributed by atoms with Crippen LogP contribution in [0, 0.1) is 0 Å². The standard InChI is InChI=1S/C28H26ClN3O3S/c29-22-10-8-19(9-11-22)15-30-28(35)24-17-32-26-23(27(24)34)13-21(7-4-12-33)14-25(26)36-18-31(32)16-20-5-2-1-3-6-20/h1-3,5-6,8-11,13-14,17,33H,4,7,12,15-16,18H2,(H,30,35). The van der Waals surface area contributed by atoms with Crippen molar-refractivity contribution < 1.29 is 9.90 Å². The van der Waals surface area contributed by atoms with Gasteiger partial charge in [-0.15, -0.1) is 11.8 Å². The quantitative estimate of drug-likeness (QED) is 0.352. The molecule has 1 aliphatic heterocycles. The summed E-state index contributed by atoms with van der Waals surface area (Å²) in [4.78, 5) is 27.8. The Morgan fingerprint density at radius 2 is 1.81 bits per heavy atom. The predicted octanol–water partition coefficient (Wildman–Crippen LogP) is 4.71. The van der Waals surface area contributed by atoms with Gasteiger partial charge in [0, 0.05) is 34.7 Å². The van der Waals surface area contributed by atoms with Crippen molar-refractivity contribution in [2.24, 2.45) is 0 Å². The van der Waals surface area contributed by atoms with Crippen LogP contribution in [0.3, 0.4) is 0 Å². The number of carbonyl (C=O) groups is 1.